The predicted octanol–water partition coefficient (Wildman–Crippen LogP) is 3.21. The molecule has 2 rings (SSSR count). The molecule has 0 aliphatic rings. The predicted molar refractivity (Wildman–Crippen MR) is 73.3 cm³/mol. The first-order valence-corrected chi connectivity index (χ1v) is 6.12. The van der Waals surface area contributed by atoms with Gasteiger partial charge < -0.3 is 9.84 Å². The topological polar surface area (TPSA) is 46.5 Å². The van der Waals surface area contributed by atoms with E-state index in [0.717, 1.165) is 0 Å². The number of aliphatic hydroxyl groups excluding tert-OH is 1. The number of benzene rings is 2. The van der Waals surface area contributed by atoms with Crippen molar-refractivity contribution in [1.29, 1.82) is 0 Å². The number of halogens is 1. The number of ether oxygens (including phenoxy) is 1. The molecule has 1 N–H and O–H groups in total. The lowest BCUT2D eigenvalue weighted by molar-refractivity contribution is 0.0600. The average molecular weight is 277 g/mol. The largest absolute Gasteiger partial charge is 0.465 e. The van der Waals surface area contributed by atoms with Crippen molar-refractivity contribution in [3.63, 3.8) is 0 Å². The molecule has 0 fully saturated rings. The number of rotatable bonds is 3. The minimum Gasteiger partial charge on any atom is -0.465 e. The van der Waals surface area contributed by atoms with Gasteiger partial charge in [-0.05, 0) is 23.8 Å². The van der Waals surface area contributed by atoms with Gasteiger partial charge in [0.05, 0.1) is 12.7 Å². The van der Waals surface area contributed by atoms with Crippen LogP contribution in [0.4, 0.5) is 0 Å². The van der Waals surface area contributed by atoms with E-state index >= 15 is 0 Å². The van der Waals surface area contributed by atoms with Crippen LogP contribution in [0, 0.1) is 0 Å². The summed E-state index contributed by atoms with van der Waals surface area (Å²) >= 11 is 6.04. The molecule has 0 bridgehead atoms. The Morgan fingerprint density at radius 3 is 2.37 bits per heavy atom. The molecule has 1 unspecified atom stereocenters. The van der Waals surface area contributed by atoms with E-state index < -0.39 is 12.1 Å². The number of hydrogen-bond donors (Lipinski definition) is 1. The molecule has 0 heterocycles. The van der Waals surface area contributed by atoms with Crippen molar-refractivity contribution in [2.24, 2.45) is 0 Å². The average Bonchev–Trinajstić information content (AvgIpc) is 2.46. The van der Waals surface area contributed by atoms with Gasteiger partial charge in [-0.25, -0.2) is 4.79 Å². The monoisotopic (exact) mass is 276 g/mol. The van der Waals surface area contributed by atoms with Crippen molar-refractivity contribution < 1.29 is 14.6 Å². The molecule has 4 heteroatoms. The summed E-state index contributed by atoms with van der Waals surface area (Å²) in [6.45, 7) is 0. The Bertz CT molecular complexity index is 578. The van der Waals surface area contributed by atoms with Gasteiger partial charge in [0.2, 0.25) is 0 Å². The molecule has 0 amide bonds. The van der Waals surface area contributed by atoms with Crippen LogP contribution in [0.25, 0.3) is 0 Å². The summed E-state index contributed by atoms with van der Waals surface area (Å²) in [6.07, 6.45) is -0.819. The first-order valence-electron chi connectivity index (χ1n) is 5.74. The zero-order valence-electron chi connectivity index (χ0n) is 10.3. The third kappa shape index (κ3) is 2.95. The second-order valence-electron chi connectivity index (χ2n) is 4.04. The molecule has 0 saturated heterocycles. The lowest BCUT2D eigenvalue weighted by atomic mass is 10.0. The van der Waals surface area contributed by atoms with Crippen molar-refractivity contribution in [2.75, 3.05) is 7.11 Å². The maximum absolute atomic E-state index is 11.3. The summed E-state index contributed by atoms with van der Waals surface area (Å²) in [5.41, 5.74) is 1.74. The molecule has 0 radical (unpaired) electrons. The van der Waals surface area contributed by atoms with Crippen LogP contribution in [0.1, 0.15) is 27.6 Å². The molecule has 98 valence electrons. The fraction of sp³-hybridized carbons (Fsp3) is 0.133. The molecule has 1 atom stereocenters. The van der Waals surface area contributed by atoms with E-state index in [9.17, 15) is 9.90 Å². The number of hydrogen-bond acceptors (Lipinski definition) is 3. The minimum absolute atomic E-state index is 0.404. The number of methoxy groups -OCH3 is 1. The molecule has 3 nitrogen and oxygen atoms in total. The summed E-state index contributed by atoms with van der Waals surface area (Å²) in [7, 11) is 1.33. The molecule has 0 aliphatic heterocycles. The van der Waals surface area contributed by atoms with Crippen molar-refractivity contribution in [1.82, 2.24) is 0 Å². The fourth-order valence-corrected chi connectivity index (χ4v) is 2.03. The summed E-state index contributed by atoms with van der Waals surface area (Å²) in [5.74, 6) is -0.404. The van der Waals surface area contributed by atoms with Crippen molar-refractivity contribution in [2.45, 2.75) is 6.10 Å². The van der Waals surface area contributed by atoms with Crippen LogP contribution in [-0.4, -0.2) is 18.2 Å². The highest BCUT2D eigenvalue weighted by Crippen LogP contribution is 2.28. The lowest BCUT2D eigenvalue weighted by Crippen LogP contribution is -2.03. The summed E-state index contributed by atoms with van der Waals surface area (Å²) in [4.78, 5) is 11.3. The molecule has 0 aromatic heterocycles. The van der Waals surface area contributed by atoms with E-state index in [4.69, 9.17) is 11.6 Å². The third-order valence-corrected chi connectivity index (χ3v) is 3.19. The second-order valence-corrected chi connectivity index (χ2v) is 4.44. The highest BCUT2D eigenvalue weighted by Gasteiger charge is 2.14. The molecule has 0 saturated carbocycles. The highest BCUT2D eigenvalue weighted by molar-refractivity contribution is 6.31. The smallest absolute Gasteiger partial charge is 0.337 e. The fourth-order valence-electron chi connectivity index (χ4n) is 1.80. The molecule has 0 spiro atoms. The van der Waals surface area contributed by atoms with Gasteiger partial charge in [-0.3, -0.25) is 0 Å². The Morgan fingerprint density at radius 1 is 1.16 bits per heavy atom. The van der Waals surface area contributed by atoms with E-state index in [0.29, 0.717) is 21.7 Å². The summed E-state index contributed by atoms with van der Waals surface area (Å²) in [5, 5.41) is 10.8. The summed E-state index contributed by atoms with van der Waals surface area (Å²) < 4.78 is 4.62. The van der Waals surface area contributed by atoms with Gasteiger partial charge in [-0.1, -0.05) is 41.9 Å². The minimum atomic E-state index is -0.819. The van der Waals surface area contributed by atoms with Crippen LogP contribution >= 0.6 is 11.6 Å². The van der Waals surface area contributed by atoms with E-state index in [1.807, 2.05) is 6.07 Å². The normalized spacial score (nSPS) is 11.9. The second kappa shape index (κ2) is 5.87. The van der Waals surface area contributed by atoms with E-state index in [1.165, 1.54) is 7.11 Å². The molecular weight excluding hydrogens is 264 g/mol. The molecule has 0 aliphatic carbocycles. The van der Waals surface area contributed by atoms with Crippen LogP contribution in [0.15, 0.2) is 48.5 Å². The molecular formula is C15H13ClO3. The number of esters is 1. The summed E-state index contributed by atoms with van der Waals surface area (Å²) in [6, 6.07) is 13.7. The zero-order valence-corrected chi connectivity index (χ0v) is 11.1. The van der Waals surface area contributed by atoms with Crippen LogP contribution in [-0.2, 0) is 4.74 Å². The molecule has 2 aromatic rings. The highest BCUT2D eigenvalue weighted by atomic mass is 35.5. The van der Waals surface area contributed by atoms with Gasteiger partial charge >= 0.3 is 5.97 Å². The maximum Gasteiger partial charge on any atom is 0.337 e. The number of carbonyl (C=O) groups is 1. The molecule has 2 aromatic carbocycles. The van der Waals surface area contributed by atoms with Crippen molar-refractivity contribution in [3.8, 4) is 0 Å². The van der Waals surface area contributed by atoms with Gasteiger partial charge in [-0.15, -0.1) is 0 Å². The number of aliphatic hydroxyl groups is 1. The Hall–Kier alpha value is -1.84. The van der Waals surface area contributed by atoms with Gasteiger partial charge in [0.25, 0.3) is 0 Å². The Kier molecular flexibility index (Phi) is 4.20. The Morgan fingerprint density at radius 2 is 1.79 bits per heavy atom. The maximum atomic E-state index is 11.3. The number of carbonyl (C=O) groups excluding carboxylic acids is 1. The first-order chi connectivity index (χ1) is 9.13. The first kappa shape index (κ1) is 13.6. The van der Waals surface area contributed by atoms with E-state index in [2.05, 4.69) is 4.74 Å². The zero-order chi connectivity index (χ0) is 13.8. The van der Waals surface area contributed by atoms with E-state index in [-0.39, 0.29) is 0 Å². The molecule has 19 heavy (non-hydrogen) atoms. The SMILES string of the molecule is COC(=O)c1ccc(C(O)c2ccccc2Cl)cc1. The van der Waals surface area contributed by atoms with Gasteiger partial charge in [-0.2, -0.15) is 0 Å². The van der Waals surface area contributed by atoms with Gasteiger partial charge in [0.15, 0.2) is 0 Å². The van der Waals surface area contributed by atoms with E-state index in [1.54, 1.807) is 42.5 Å². The third-order valence-electron chi connectivity index (χ3n) is 2.85. The Balaban J connectivity index is 2.28. The Labute approximate surface area is 116 Å². The van der Waals surface area contributed by atoms with Crippen molar-refractivity contribution in [3.05, 3.63) is 70.2 Å². The van der Waals surface area contributed by atoms with Crippen LogP contribution in [0.2, 0.25) is 5.02 Å². The van der Waals surface area contributed by atoms with Gasteiger partial charge in [0.1, 0.15) is 6.10 Å². The van der Waals surface area contributed by atoms with Crippen LogP contribution < -0.4 is 0 Å². The van der Waals surface area contributed by atoms with Crippen LogP contribution in [0.5, 0.6) is 0 Å². The quantitative estimate of drug-likeness (QED) is 0.876. The van der Waals surface area contributed by atoms with Crippen molar-refractivity contribution >= 4 is 17.6 Å². The van der Waals surface area contributed by atoms with Gasteiger partial charge in [0, 0.05) is 10.6 Å². The lowest BCUT2D eigenvalue weighted by Gasteiger charge is -2.13. The standard InChI is InChI=1S/C15H13ClO3/c1-19-15(18)11-8-6-10(7-9-11)14(17)12-4-2-3-5-13(12)16/h2-9,14,17H,1H3. The van der Waals surface area contributed by atoms with Crippen LogP contribution in [0.3, 0.4) is 0 Å².